The third kappa shape index (κ3) is 4.85. The van der Waals surface area contributed by atoms with Crippen LogP contribution in [0.1, 0.15) is 44.1 Å². The molecule has 1 aliphatic carbocycles. The summed E-state index contributed by atoms with van der Waals surface area (Å²) < 4.78 is 11.4. The minimum absolute atomic E-state index is 0.0629. The Morgan fingerprint density at radius 1 is 1.17 bits per heavy atom. The Labute approximate surface area is 177 Å². The van der Waals surface area contributed by atoms with Gasteiger partial charge >= 0.3 is 0 Å². The molecule has 0 spiro atoms. The van der Waals surface area contributed by atoms with E-state index in [9.17, 15) is 10.1 Å². The topological polar surface area (TPSA) is 98.4 Å². The van der Waals surface area contributed by atoms with Gasteiger partial charge in [-0.05, 0) is 50.7 Å². The Balaban J connectivity index is 1.47. The van der Waals surface area contributed by atoms with Crippen molar-refractivity contribution in [3.63, 3.8) is 0 Å². The summed E-state index contributed by atoms with van der Waals surface area (Å²) in [6.45, 7) is 0.190. The van der Waals surface area contributed by atoms with Crippen molar-refractivity contribution in [2.75, 3.05) is 13.7 Å². The fourth-order valence-corrected chi connectivity index (χ4v) is 4.17. The Hall–Kier alpha value is -3.21. The van der Waals surface area contributed by atoms with Crippen molar-refractivity contribution in [3.8, 4) is 36.0 Å². The van der Waals surface area contributed by atoms with Crippen LogP contribution in [0.15, 0.2) is 18.2 Å². The number of hydrogen-bond donors (Lipinski definition) is 1. The molecule has 1 saturated carbocycles. The van der Waals surface area contributed by atoms with Gasteiger partial charge in [0, 0.05) is 12.1 Å². The first-order valence-corrected chi connectivity index (χ1v) is 10.2. The van der Waals surface area contributed by atoms with Crippen molar-refractivity contribution in [1.29, 1.82) is 10.5 Å². The Morgan fingerprint density at radius 2 is 1.90 bits per heavy atom. The molecular weight excluding hydrogens is 380 g/mol. The highest BCUT2D eigenvalue weighted by molar-refractivity contribution is 5.80. The van der Waals surface area contributed by atoms with E-state index in [1.807, 2.05) is 0 Å². The Bertz CT molecular complexity index is 865. The molecule has 156 valence electrons. The SMILES string of the molecule is C#C[C@H]1CC[C@@H](C#N)N1C(=O)CNC1CCC(Oc2ccc(C#N)cc2OC)CC1. The standard InChI is InChI=1S/C23H26N4O3/c1-3-18-7-8-19(14-25)27(18)23(28)15-26-17-5-9-20(10-6-17)30-21-11-4-16(13-24)12-22(21)29-2/h1,4,11-12,17-20,26H,5-10,15H2,2H3/t17?,18-,19-,20?/m0/s1. The zero-order valence-electron chi connectivity index (χ0n) is 17.1. The molecule has 0 bridgehead atoms. The molecule has 7 nitrogen and oxygen atoms in total. The molecule has 1 amide bonds. The molecule has 2 aliphatic rings. The lowest BCUT2D eigenvalue weighted by molar-refractivity contribution is -0.131. The quantitative estimate of drug-likeness (QED) is 0.728. The van der Waals surface area contributed by atoms with Crippen molar-refractivity contribution >= 4 is 5.91 Å². The van der Waals surface area contributed by atoms with Crippen LogP contribution in [-0.2, 0) is 4.79 Å². The monoisotopic (exact) mass is 406 g/mol. The second-order valence-corrected chi connectivity index (χ2v) is 7.66. The molecule has 0 radical (unpaired) electrons. The highest BCUT2D eigenvalue weighted by atomic mass is 16.5. The van der Waals surface area contributed by atoms with Crippen LogP contribution < -0.4 is 14.8 Å². The van der Waals surface area contributed by atoms with Crippen molar-refractivity contribution in [2.24, 2.45) is 0 Å². The molecule has 1 heterocycles. The average molecular weight is 406 g/mol. The first-order valence-electron chi connectivity index (χ1n) is 10.2. The van der Waals surface area contributed by atoms with E-state index < -0.39 is 6.04 Å². The highest BCUT2D eigenvalue weighted by Crippen LogP contribution is 2.32. The van der Waals surface area contributed by atoms with Gasteiger partial charge in [-0.1, -0.05) is 5.92 Å². The van der Waals surface area contributed by atoms with Crippen LogP contribution in [0.3, 0.4) is 0 Å². The summed E-state index contributed by atoms with van der Waals surface area (Å²) in [6.07, 6.45) is 10.4. The summed E-state index contributed by atoms with van der Waals surface area (Å²) in [7, 11) is 1.56. The molecule has 7 heteroatoms. The van der Waals surface area contributed by atoms with E-state index in [-0.39, 0.29) is 30.6 Å². The molecule has 1 N–H and O–H groups in total. The average Bonchev–Trinajstić information content (AvgIpc) is 3.22. The van der Waals surface area contributed by atoms with E-state index in [1.54, 1.807) is 30.2 Å². The van der Waals surface area contributed by atoms with Gasteiger partial charge in [-0.3, -0.25) is 4.79 Å². The number of rotatable bonds is 6. The fraction of sp³-hybridized carbons (Fsp3) is 0.522. The van der Waals surface area contributed by atoms with Crippen LogP contribution in [0.2, 0.25) is 0 Å². The number of carbonyl (C=O) groups is 1. The number of nitrogens with one attached hydrogen (secondary N) is 1. The maximum atomic E-state index is 12.6. The third-order valence-electron chi connectivity index (χ3n) is 5.82. The molecule has 2 atom stereocenters. The molecule has 1 saturated heterocycles. The lowest BCUT2D eigenvalue weighted by Gasteiger charge is -2.31. The normalized spacial score (nSPS) is 25.6. The number of methoxy groups -OCH3 is 1. The molecule has 0 aromatic heterocycles. The molecule has 2 fully saturated rings. The van der Waals surface area contributed by atoms with Crippen LogP contribution in [-0.4, -0.2) is 48.7 Å². The lowest BCUT2D eigenvalue weighted by Crippen LogP contribution is -2.47. The largest absolute Gasteiger partial charge is 0.493 e. The number of amides is 1. The molecular formula is C23H26N4O3. The van der Waals surface area contributed by atoms with Gasteiger partial charge in [0.2, 0.25) is 5.91 Å². The van der Waals surface area contributed by atoms with E-state index in [2.05, 4.69) is 23.4 Å². The maximum absolute atomic E-state index is 12.6. The van der Waals surface area contributed by atoms with Gasteiger partial charge in [-0.15, -0.1) is 6.42 Å². The molecule has 1 aromatic carbocycles. The van der Waals surface area contributed by atoms with Gasteiger partial charge in [0.1, 0.15) is 6.04 Å². The van der Waals surface area contributed by atoms with Crippen LogP contribution in [0, 0.1) is 35.0 Å². The van der Waals surface area contributed by atoms with Crippen molar-refractivity contribution in [2.45, 2.75) is 62.8 Å². The van der Waals surface area contributed by atoms with Gasteiger partial charge in [0.25, 0.3) is 0 Å². The molecule has 1 aromatic rings. The van der Waals surface area contributed by atoms with Crippen molar-refractivity contribution in [1.82, 2.24) is 10.2 Å². The molecule has 30 heavy (non-hydrogen) atoms. The smallest absolute Gasteiger partial charge is 0.238 e. The second-order valence-electron chi connectivity index (χ2n) is 7.66. The number of nitrogens with zero attached hydrogens (tertiary/aromatic N) is 3. The molecule has 1 aliphatic heterocycles. The lowest BCUT2D eigenvalue weighted by atomic mass is 9.93. The Kier molecular flexibility index (Phi) is 7.17. The molecule has 0 unspecified atom stereocenters. The summed E-state index contributed by atoms with van der Waals surface area (Å²) >= 11 is 0. The number of benzene rings is 1. The van der Waals surface area contributed by atoms with E-state index in [0.717, 1.165) is 25.7 Å². The summed E-state index contributed by atoms with van der Waals surface area (Å²) in [5.74, 6) is 3.71. The van der Waals surface area contributed by atoms with Gasteiger partial charge in [-0.2, -0.15) is 10.5 Å². The number of nitriles is 2. The number of carbonyl (C=O) groups excluding carboxylic acids is 1. The summed E-state index contributed by atoms with van der Waals surface area (Å²) in [5.41, 5.74) is 0.528. The van der Waals surface area contributed by atoms with E-state index >= 15 is 0 Å². The van der Waals surface area contributed by atoms with Crippen molar-refractivity contribution < 1.29 is 14.3 Å². The van der Waals surface area contributed by atoms with Crippen LogP contribution in [0.5, 0.6) is 11.5 Å². The third-order valence-corrected chi connectivity index (χ3v) is 5.82. The zero-order chi connectivity index (χ0) is 21.5. The first kappa shape index (κ1) is 21.5. The van der Waals surface area contributed by atoms with Crippen LogP contribution in [0.4, 0.5) is 0 Å². The minimum Gasteiger partial charge on any atom is -0.493 e. The second kappa shape index (κ2) is 10.0. The van der Waals surface area contributed by atoms with Gasteiger partial charge < -0.3 is 19.7 Å². The summed E-state index contributed by atoms with van der Waals surface area (Å²) in [4.78, 5) is 14.2. The zero-order valence-corrected chi connectivity index (χ0v) is 17.1. The summed E-state index contributed by atoms with van der Waals surface area (Å²) in [6, 6.07) is 8.94. The van der Waals surface area contributed by atoms with Gasteiger partial charge in [0.05, 0.1) is 43.5 Å². The first-order chi connectivity index (χ1) is 14.6. The number of likely N-dealkylation sites (tertiary alicyclic amines) is 1. The van der Waals surface area contributed by atoms with Gasteiger partial charge in [0.15, 0.2) is 11.5 Å². The number of ether oxygens (including phenoxy) is 2. The minimum atomic E-state index is -0.424. The van der Waals surface area contributed by atoms with E-state index in [4.69, 9.17) is 21.2 Å². The number of terminal acetylenes is 1. The van der Waals surface area contributed by atoms with Crippen molar-refractivity contribution in [3.05, 3.63) is 23.8 Å². The highest BCUT2D eigenvalue weighted by Gasteiger charge is 2.36. The van der Waals surface area contributed by atoms with Crippen LogP contribution >= 0.6 is 0 Å². The molecule has 3 rings (SSSR count). The number of hydrogen-bond acceptors (Lipinski definition) is 6. The van der Waals surface area contributed by atoms with E-state index in [1.165, 1.54) is 0 Å². The van der Waals surface area contributed by atoms with E-state index in [0.29, 0.717) is 29.9 Å². The maximum Gasteiger partial charge on any atom is 0.238 e. The predicted octanol–water partition coefficient (Wildman–Crippen LogP) is 2.36. The summed E-state index contributed by atoms with van der Waals surface area (Å²) in [5, 5.41) is 21.6. The predicted molar refractivity (Wildman–Crippen MR) is 110 cm³/mol. The van der Waals surface area contributed by atoms with Gasteiger partial charge in [-0.25, -0.2) is 0 Å². The Morgan fingerprint density at radius 3 is 2.53 bits per heavy atom. The van der Waals surface area contributed by atoms with Crippen LogP contribution in [0.25, 0.3) is 0 Å². The fourth-order valence-electron chi connectivity index (χ4n) is 4.17.